The quantitative estimate of drug-likeness (QED) is 0.362. The molecule has 0 aromatic rings. The molecule has 5 N–H and O–H groups in total. The molecule has 1 aliphatic heterocycles. The number of rotatable bonds is 0. The number of amides is 1. The number of allylic oxidation sites excluding steroid dienone is 12. The highest BCUT2D eigenvalue weighted by molar-refractivity contribution is 5.87. The highest BCUT2D eigenvalue weighted by atomic mass is 16.4. The van der Waals surface area contributed by atoms with E-state index in [-0.39, 0.29) is 18.4 Å². The molecule has 0 saturated carbocycles. The molecule has 0 fully saturated rings. The lowest BCUT2D eigenvalue weighted by molar-refractivity contribution is -0.117. The average molecular weight is 484 g/mol. The van der Waals surface area contributed by atoms with Crippen LogP contribution in [-0.2, 0) is 4.79 Å². The lowest BCUT2D eigenvalue weighted by atomic mass is 9.93. The van der Waals surface area contributed by atoms with E-state index >= 15 is 0 Å². The maximum Gasteiger partial charge on any atom is 0.244 e. The summed E-state index contributed by atoms with van der Waals surface area (Å²) in [6.07, 6.45) is 20.5. The average Bonchev–Trinajstić information content (AvgIpc) is 2.79. The largest absolute Gasteiger partial charge is 0.390 e. The number of hydrogen-bond donors (Lipinski definition) is 5. The molecular formula is C29H41NO5. The Balaban J connectivity index is 3.00. The first kappa shape index (κ1) is 30.3. The number of carbonyl (C=O) groups excluding carboxylic acids is 1. The van der Waals surface area contributed by atoms with E-state index in [1.165, 1.54) is 12.2 Å². The van der Waals surface area contributed by atoms with E-state index in [4.69, 9.17) is 0 Å². The van der Waals surface area contributed by atoms with Crippen LogP contribution in [0.2, 0.25) is 0 Å². The van der Waals surface area contributed by atoms with Crippen LogP contribution in [-0.4, -0.2) is 56.8 Å². The first-order valence-electron chi connectivity index (χ1n) is 12.0. The summed E-state index contributed by atoms with van der Waals surface area (Å²) in [4.78, 5) is 12.0. The van der Waals surface area contributed by atoms with Crippen molar-refractivity contribution in [1.29, 1.82) is 0 Å². The Bertz CT molecular complexity index is 891. The van der Waals surface area contributed by atoms with E-state index < -0.39 is 30.3 Å². The van der Waals surface area contributed by atoms with E-state index in [9.17, 15) is 25.2 Å². The molecule has 1 amide bonds. The minimum absolute atomic E-state index is 0.00833. The number of carbonyl (C=O) groups is 1. The normalized spacial score (nSPS) is 38.1. The van der Waals surface area contributed by atoms with Gasteiger partial charge in [0.05, 0.1) is 18.3 Å². The van der Waals surface area contributed by atoms with Gasteiger partial charge >= 0.3 is 0 Å². The van der Waals surface area contributed by atoms with Gasteiger partial charge in [-0.05, 0) is 27.2 Å². The zero-order valence-corrected chi connectivity index (χ0v) is 21.2. The van der Waals surface area contributed by atoms with Crippen LogP contribution < -0.4 is 5.32 Å². The Morgan fingerprint density at radius 3 is 2.20 bits per heavy atom. The molecule has 0 aliphatic carbocycles. The van der Waals surface area contributed by atoms with Crippen molar-refractivity contribution in [3.05, 3.63) is 96.2 Å². The molecule has 0 aromatic heterocycles. The van der Waals surface area contributed by atoms with E-state index in [0.29, 0.717) is 6.42 Å². The second-order valence-electron chi connectivity index (χ2n) is 8.96. The zero-order valence-electron chi connectivity index (χ0n) is 21.2. The van der Waals surface area contributed by atoms with Crippen molar-refractivity contribution < 1.29 is 25.2 Å². The molecule has 6 nitrogen and oxygen atoms in total. The third-order valence-electron chi connectivity index (χ3n) is 5.39. The number of aliphatic hydroxyl groups is 4. The monoisotopic (exact) mass is 483 g/mol. The minimum atomic E-state index is -1.41. The molecule has 6 atom stereocenters. The van der Waals surface area contributed by atoms with Crippen molar-refractivity contribution >= 4 is 5.91 Å². The summed E-state index contributed by atoms with van der Waals surface area (Å²) in [5, 5.41) is 43.9. The van der Waals surface area contributed by atoms with Crippen molar-refractivity contribution in [2.24, 2.45) is 5.92 Å². The Morgan fingerprint density at radius 2 is 1.46 bits per heavy atom. The van der Waals surface area contributed by atoms with Crippen molar-refractivity contribution in [3.63, 3.8) is 0 Å². The predicted octanol–water partition coefficient (Wildman–Crippen LogP) is 3.59. The highest BCUT2D eigenvalue weighted by Gasteiger charge is 2.28. The number of aliphatic hydroxyl groups excluding tert-OH is 4. The van der Waals surface area contributed by atoms with Gasteiger partial charge in [0, 0.05) is 24.5 Å². The SMILES string of the molecule is CC1=C\C=C\C[C@H](C)NC(=O)C=C/C=C/C=C/[C@H](C)[C@@H](O)[C@H](O)[C@H](O)C[C@@H](O)/C=C\C=C\C(C)=C\1. The van der Waals surface area contributed by atoms with Crippen molar-refractivity contribution in [3.8, 4) is 0 Å². The molecule has 0 unspecified atom stereocenters. The van der Waals surface area contributed by atoms with Crippen LogP contribution in [0.15, 0.2) is 96.2 Å². The summed E-state index contributed by atoms with van der Waals surface area (Å²) < 4.78 is 0. The number of hydrogen-bond acceptors (Lipinski definition) is 5. The summed E-state index contributed by atoms with van der Waals surface area (Å²) in [6.45, 7) is 7.62. The fourth-order valence-corrected chi connectivity index (χ4v) is 3.34. The predicted molar refractivity (Wildman–Crippen MR) is 142 cm³/mol. The first-order valence-corrected chi connectivity index (χ1v) is 12.0. The standard InChI is InChI=1S/C29H41NO5/c1-21-13-9-11-16-24(4)30-27(33)18-8-6-5-7-15-23(3)28(34)29(35)26(32)20-25(31)17-12-10-14-22(2)19-21/h5-15,17-19,23-26,28-29,31-32,34-35H,16,20H2,1-4H3,(H,30,33)/b6-5+,11-9+,14-10+,15-7+,17-12-,18-8?,21-13+,22-19+/t23-,24-,25-,26+,28+,29+/m0/s1. The Kier molecular flexibility index (Phi) is 14.5. The summed E-state index contributed by atoms with van der Waals surface area (Å²) in [5.74, 6) is -0.623. The maximum atomic E-state index is 12.0. The van der Waals surface area contributed by atoms with Crippen molar-refractivity contribution in [1.82, 2.24) is 5.32 Å². The van der Waals surface area contributed by atoms with Crippen LogP contribution >= 0.6 is 0 Å². The van der Waals surface area contributed by atoms with Gasteiger partial charge in [-0.2, -0.15) is 0 Å². The topological polar surface area (TPSA) is 110 Å². The first-order chi connectivity index (χ1) is 16.6. The molecule has 0 spiro atoms. The molecule has 1 heterocycles. The third kappa shape index (κ3) is 13.6. The van der Waals surface area contributed by atoms with Crippen LogP contribution in [0.4, 0.5) is 0 Å². The number of nitrogens with one attached hydrogen (secondary N) is 1. The summed E-state index contributed by atoms with van der Waals surface area (Å²) in [5.41, 5.74) is 2.09. The van der Waals surface area contributed by atoms with Crippen LogP contribution in [0.5, 0.6) is 0 Å². The van der Waals surface area contributed by atoms with Crippen LogP contribution in [0.25, 0.3) is 0 Å². The molecular weight excluding hydrogens is 442 g/mol. The van der Waals surface area contributed by atoms with Gasteiger partial charge in [-0.15, -0.1) is 0 Å². The molecule has 0 saturated heterocycles. The van der Waals surface area contributed by atoms with Crippen LogP contribution in [0.1, 0.15) is 40.5 Å². The molecule has 0 radical (unpaired) electrons. The molecule has 6 heteroatoms. The van der Waals surface area contributed by atoms with Crippen molar-refractivity contribution in [2.75, 3.05) is 0 Å². The minimum Gasteiger partial charge on any atom is -0.390 e. The Morgan fingerprint density at radius 1 is 0.800 bits per heavy atom. The van der Waals surface area contributed by atoms with E-state index in [2.05, 4.69) is 5.32 Å². The summed E-state index contributed by atoms with van der Waals surface area (Å²) in [6, 6.07) is -0.00833. The fourth-order valence-electron chi connectivity index (χ4n) is 3.34. The molecule has 0 bridgehead atoms. The van der Waals surface area contributed by atoms with Crippen molar-refractivity contribution in [2.45, 2.75) is 71.0 Å². The van der Waals surface area contributed by atoms with Crippen LogP contribution in [0, 0.1) is 5.92 Å². The fraction of sp³-hybridized carbons (Fsp3) is 0.414. The molecule has 192 valence electrons. The second kappa shape index (κ2) is 16.8. The van der Waals surface area contributed by atoms with E-state index in [1.54, 1.807) is 49.5 Å². The van der Waals surface area contributed by atoms with Gasteiger partial charge in [0.25, 0.3) is 0 Å². The molecule has 35 heavy (non-hydrogen) atoms. The van der Waals surface area contributed by atoms with Gasteiger partial charge in [0.15, 0.2) is 0 Å². The molecule has 0 aromatic carbocycles. The summed E-state index contributed by atoms with van der Waals surface area (Å²) >= 11 is 0. The zero-order chi connectivity index (χ0) is 26.2. The third-order valence-corrected chi connectivity index (χ3v) is 5.39. The van der Waals surface area contributed by atoms with Gasteiger partial charge in [0.2, 0.25) is 5.91 Å². The maximum absolute atomic E-state index is 12.0. The lowest BCUT2D eigenvalue weighted by Gasteiger charge is -2.26. The Hall–Kier alpha value is -2.77. The van der Waals surface area contributed by atoms with Gasteiger partial charge in [0.1, 0.15) is 6.10 Å². The lowest BCUT2D eigenvalue weighted by Crippen LogP contribution is -2.41. The van der Waals surface area contributed by atoms with E-state index in [0.717, 1.165) is 11.1 Å². The van der Waals surface area contributed by atoms with Gasteiger partial charge in [-0.3, -0.25) is 4.79 Å². The molecule has 1 aliphatic rings. The van der Waals surface area contributed by atoms with Gasteiger partial charge < -0.3 is 25.7 Å². The van der Waals surface area contributed by atoms with Crippen LogP contribution in [0.3, 0.4) is 0 Å². The molecule has 1 rings (SSSR count). The van der Waals surface area contributed by atoms with Gasteiger partial charge in [-0.25, -0.2) is 0 Å². The smallest absolute Gasteiger partial charge is 0.244 e. The van der Waals surface area contributed by atoms with Gasteiger partial charge in [-0.1, -0.05) is 97.1 Å². The Labute approximate surface area is 209 Å². The summed E-state index contributed by atoms with van der Waals surface area (Å²) in [7, 11) is 0. The van der Waals surface area contributed by atoms with E-state index in [1.807, 2.05) is 51.2 Å². The highest BCUT2D eigenvalue weighted by Crippen LogP contribution is 2.15. The second-order valence-corrected chi connectivity index (χ2v) is 8.96.